The number of aryl methyl sites for hydroxylation is 1. The molecule has 80 valence electrons. The summed E-state index contributed by atoms with van der Waals surface area (Å²) in [5.74, 6) is -0.853. The van der Waals surface area contributed by atoms with Crippen LogP contribution in [0.5, 0.6) is 0 Å². The molecule has 1 heterocycles. The summed E-state index contributed by atoms with van der Waals surface area (Å²) >= 11 is 0. The fourth-order valence-electron chi connectivity index (χ4n) is 2.10. The number of aromatic carboxylic acids is 1. The largest absolute Gasteiger partial charge is 0.478 e. The van der Waals surface area contributed by atoms with Crippen LogP contribution in [0, 0.1) is 6.92 Å². The summed E-state index contributed by atoms with van der Waals surface area (Å²) in [6.45, 7) is 3.06. The first-order valence-corrected chi connectivity index (χ1v) is 5.25. The molecule has 2 N–H and O–H groups in total. The normalized spacial score (nSPS) is 20.5. The summed E-state index contributed by atoms with van der Waals surface area (Å²) in [6.07, 6.45) is 2.27. The lowest BCUT2D eigenvalue weighted by Crippen LogP contribution is -2.14. The smallest absolute Gasteiger partial charge is 0.335 e. The molecule has 1 atom stereocenters. The van der Waals surface area contributed by atoms with Gasteiger partial charge in [0.2, 0.25) is 0 Å². The van der Waals surface area contributed by atoms with Gasteiger partial charge in [-0.3, -0.25) is 0 Å². The molecule has 1 aliphatic heterocycles. The van der Waals surface area contributed by atoms with Gasteiger partial charge >= 0.3 is 5.97 Å². The van der Waals surface area contributed by atoms with Gasteiger partial charge in [-0.1, -0.05) is 6.07 Å². The Morgan fingerprint density at radius 3 is 2.93 bits per heavy atom. The highest BCUT2D eigenvalue weighted by molar-refractivity contribution is 5.87. The molecule has 0 saturated carbocycles. The van der Waals surface area contributed by atoms with Crippen LogP contribution in [0.4, 0.5) is 0 Å². The van der Waals surface area contributed by atoms with Crippen LogP contribution in [-0.2, 0) is 0 Å². The molecule has 15 heavy (non-hydrogen) atoms. The van der Waals surface area contributed by atoms with Gasteiger partial charge in [0, 0.05) is 6.04 Å². The van der Waals surface area contributed by atoms with Gasteiger partial charge in [0.25, 0.3) is 0 Å². The molecule has 1 fully saturated rings. The van der Waals surface area contributed by atoms with Crippen LogP contribution in [-0.4, -0.2) is 17.6 Å². The van der Waals surface area contributed by atoms with E-state index in [-0.39, 0.29) is 0 Å². The van der Waals surface area contributed by atoms with Gasteiger partial charge in [-0.05, 0) is 49.6 Å². The van der Waals surface area contributed by atoms with Gasteiger partial charge in [0.15, 0.2) is 0 Å². The van der Waals surface area contributed by atoms with Crippen LogP contribution in [0.25, 0.3) is 0 Å². The first kappa shape index (κ1) is 10.2. The maximum absolute atomic E-state index is 10.9. The van der Waals surface area contributed by atoms with E-state index in [1.807, 2.05) is 13.0 Å². The van der Waals surface area contributed by atoms with Crippen LogP contribution < -0.4 is 5.32 Å². The molecule has 3 heteroatoms. The van der Waals surface area contributed by atoms with Crippen molar-refractivity contribution in [3.8, 4) is 0 Å². The fourth-order valence-corrected chi connectivity index (χ4v) is 2.10. The molecule has 0 amide bonds. The quantitative estimate of drug-likeness (QED) is 0.777. The van der Waals surface area contributed by atoms with Crippen LogP contribution in [0.3, 0.4) is 0 Å². The third kappa shape index (κ3) is 2.02. The number of rotatable bonds is 2. The topological polar surface area (TPSA) is 49.3 Å². The molecule has 2 rings (SSSR count). The monoisotopic (exact) mass is 205 g/mol. The van der Waals surface area contributed by atoms with E-state index in [2.05, 4.69) is 5.32 Å². The van der Waals surface area contributed by atoms with Crippen LogP contribution in [0.15, 0.2) is 18.2 Å². The molecule has 0 unspecified atom stereocenters. The average molecular weight is 205 g/mol. The maximum Gasteiger partial charge on any atom is 0.335 e. The maximum atomic E-state index is 10.9. The highest BCUT2D eigenvalue weighted by atomic mass is 16.4. The lowest BCUT2D eigenvalue weighted by atomic mass is 9.97. The van der Waals surface area contributed by atoms with Crippen molar-refractivity contribution < 1.29 is 9.90 Å². The van der Waals surface area contributed by atoms with E-state index < -0.39 is 5.97 Å². The summed E-state index contributed by atoms with van der Waals surface area (Å²) in [5, 5.41) is 12.3. The van der Waals surface area contributed by atoms with E-state index in [9.17, 15) is 4.79 Å². The average Bonchev–Trinajstić information content (AvgIpc) is 2.71. The van der Waals surface area contributed by atoms with Crippen molar-refractivity contribution in [2.45, 2.75) is 25.8 Å². The zero-order valence-corrected chi connectivity index (χ0v) is 8.79. The molecule has 1 aromatic rings. The molecule has 0 radical (unpaired) electrons. The number of hydrogen-bond donors (Lipinski definition) is 2. The summed E-state index contributed by atoms with van der Waals surface area (Å²) in [7, 11) is 0. The van der Waals surface area contributed by atoms with Gasteiger partial charge in [-0.2, -0.15) is 0 Å². The predicted octanol–water partition coefficient (Wildman–Crippen LogP) is 2.12. The van der Waals surface area contributed by atoms with E-state index in [4.69, 9.17) is 5.11 Å². The Morgan fingerprint density at radius 2 is 2.33 bits per heavy atom. The second-order valence-electron chi connectivity index (χ2n) is 4.03. The Morgan fingerprint density at radius 1 is 1.53 bits per heavy atom. The third-order valence-corrected chi connectivity index (χ3v) is 2.96. The zero-order chi connectivity index (χ0) is 10.8. The Hall–Kier alpha value is -1.35. The molecule has 0 bridgehead atoms. The molecule has 0 spiro atoms. The molecular weight excluding hydrogens is 190 g/mol. The molecular formula is C12H15NO2. The fraction of sp³-hybridized carbons (Fsp3) is 0.417. The Balaban J connectivity index is 2.35. The van der Waals surface area contributed by atoms with Gasteiger partial charge in [0.05, 0.1) is 5.56 Å². The van der Waals surface area contributed by atoms with E-state index >= 15 is 0 Å². The molecule has 1 aliphatic rings. The van der Waals surface area contributed by atoms with Crippen molar-refractivity contribution in [1.82, 2.24) is 5.32 Å². The molecule has 0 aromatic heterocycles. The summed E-state index contributed by atoms with van der Waals surface area (Å²) in [5.41, 5.74) is 2.68. The number of carboxylic acid groups (broad SMARTS) is 1. The number of carboxylic acids is 1. The number of benzene rings is 1. The van der Waals surface area contributed by atoms with Crippen LogP contribution >= 0.6 is 0 Å². The van der Waals surface area contributed by atoms with Gasteiger partial charge in [-0.25, -0.2) is 4.79 Å². The first-order valence-electron chi connectivity index (χ1n) is 5.25. The van der Waals surface area contributed by atoms with Crippen molar-refractivity contribution in [1.29, 1.82) is 0 Å². The summed E-state index contributed by atoms with van der Waals surface area (Å²) < 4.78 is 0. The van der Waals surface area contributed by atoms with Crippen molar-refractivity contribution in [2.24, 2.45) is 0 Å². The molecule has 3 nitrogen and oxygen atoms in total. The third-order valence-electron chi connectivity index (χ3n) is 2.96. The number of carbonyl (C=O) groups is 1. The predicted molar refractivity (Wildman–Crippen MR) is 58.1 cm³/mol. The molecule has 1 saturated heterocycles. The summed E-state index contributed by atoms with van der Waals surface area (Å²) in [6, 6.07) is 5.68. The highest BCUT2D eigenvalue weighted by Crippen LogP contribution is 2.26. The van der Waals surface area contributed by atoms with Gasteiger partial charge in [0.1, 0.15) is 0 Å². The first-order chi connectivity index (χ1) is 7.18. The molecule has 0 aliphatic carbocycles. The van der Waals surface area contributed by atoms with Crippen molar-refractivity contribution in [3.05, 3.63) is 34.9 Å². The van der Waals surface area contributed by atoms with Crippen molar-refractivity contribution >= 4 is 5.97 Å². The van der Waals surface area contributed by atoms with Crippen molar-refractivity contribution in [2.75, 3.05) is 6.54 Å². The lowest BCUT2D eigenvalue weighted by Gasteiger charge is -2.14. The SMILES string of the molecule is Cc1ccc(C(=O)O)cc1[C@H]1CCCN1. The Bertz CT molecular complexity index is 381. The standard InChI is InChI=1S/C12H15NO2/c1-8-4-5-9(12(14)15)7-10(8)11-3-2-6-13-11/h4-5,7,11,13H,2-3,6H2,1H3,(H,14,15)/t11-/m1/s1. The minimum atomic E-state index is -0.853. The Labute approximate surface area is 89.1 Å². The highest BCUT2D eigenvalue weighted by Gasteiger charge is 2.19. The van der Waals surface area contributed by atoms with Crippen LogP contribution in [0.2, 0.25) is 0 Å². The van der Waals surface area contributed by atoms with E-state index in [0.717, 1.165) is 18.5 Å². The number of nitrogens with one attached hydrogen (secondary N) is 1. The Kier molecular flexibility index (Phi) is 2.73. The lowest BCUT2D eigenvalue weighted by molar-refractivity contribution is 0.0696. The van der Waals surface area contributed by atoms with Gasteiger partial charge < -0.3 is 10.4 Å². The van der Waals surface area contributed by atoms with Crippen molar-refractivity contribution in [3.63, 3.8) is 0 Å². The van der Waals surface area contributed by atoms with E-state index in [1.165, 1.54) is 12.0 Å². The van der Waals surface area contributed by atoms with Gasteiger partial charge in [-0.15, -0.1) is 0 Å². The second-order valence-corrected chi connectivity index (χ2v) is 4.03. The summed E-state index contributed by atoms with van der Waals surface area (Å²) in [4.78, 5) is 10.9. The zero-order valence-electron chi connectivity index (χ0n) is 8.79. The minimum Gasteiger partial charge on any atom is -0.478 e. The second kappa shape index (κ2) is 4.03. The van der Waals surface area contributed by atoms with E-state index in [0.29, 0.717) is 11.6 Å². The minimum absolute atomic E-state index is 0.337. The van der Waals surface area contributed by atoms with Crippen LogP contribution in [0.1, 0.15) is 40.4 Å². The number of hydrogen-bond acceptors (Lipinski definition) is 2. The van der Waals surface area contributed by atoms with E-state index in [1.54, 1.807) is 12.1 Å². The molecule has 1 aromatic carbocycles.